The summed E-state index contributed by atoms with van der Waals surface area (Å²) in [6.07, 6.45) is 5.85. The van der Waals surface area contributed by atoms with Gasteiger partial charge in [0.2, 0.25) is 0 Å². The molecule has 2 saturated heterocycles. The molecule has 2 heterocycles. The predicted octanol–water partition coefficient (Wildman–Crippen LogP) is 3.77. The molecule has 3 rings (SSSR count). The number of piperidine rings is 2. The highest BCUT2D eigenvalue weighted by molar-refractivity contribution is 5.22. The molecule has 2 nitrogen and oxygen atoms in total. The zero-order valence-corrected chi connectivity index (χ0v) is 13.1. The summed E-state index contributed by atoms with van der Waals surface area (Å²) >= 11 is 0. The monoisotopic (exact) mass is 312 g/mol. The number of hydrogen-bond acceptors (Lipinski definition) is 2. The SMILES string of the molecule is C[C@H](NC1C[C@H]2CCC[C@@H](C1)N2C)c1cc(F)c(F)c(F)c1. The molecule has 122 valence electrons. The van der Waals surface area contributed by atoms with Crippen LogP contribution in [0.25, 0.3) is 0 Å². The Labute approximate surface area is 129 Å². The molecule has 1 N–H and O–H groups in total. The van der Waals surface area contributed by atoms with Gasteiger partial charge in [-0.25, -0.2) is 13.2 Å². The van der Waals surface area contributed by atoms with E-state index in [1.165, 1.54) is 19.3 Å². The fourth-order valence-corrected chi connectivity index (χ4v) is 4.03. The van der Waals surface area contributed by atoms with E-state index in [0.717, 1.165) is 25.0 Å². The predicted molar refractivity (Wildman–Crippen MR) is 80.1 cm³/mol. The number of hydrogen-bond donors (Lipinski definition) is 1. The van der Waals surface area contributed by atoms with Crippen LogP contribution in [0, 0.1) is 17.5 Å². The van der Waals surface area contributed by atoms with Crippen LogP contribution in [0.4, 0.5) is 13.2 Å². The van der Waals surface area contributed by atoms with Crippen molar-refractivity contribution in [2.24, 2.45) is 0 Å². The molecule has 2 fully saturated rings. The number of nitrogens with one attached hydrogen (secondary N) is 1. The summed E-state index contributed by atoms with van der Waals surface area (Å²) in [4.78, 5) is 2.48. The van der Waals surface area contributed by atoms with Gasteiger partial charge in [0.05, 0.1) is 0 Å². The van der Waals surface area contributed by atoms with E-state index < -0.39 is 17.5 Å². The first-order valence-corrected chi connectivity index (χ1v) is 8.08. The Morgan fingerprint density at radius 3 is 2.18 bits per heavy atom. The molecule has 2 aliphatic heterocycles. The van der Waals surface area contributed by atoms with Crippen molar-refractivity contribution < 1.29 is 13.2 Å². The minimum Gasteiger partial charge on any atom is -0.307 e. The minimum absolute atomic E-state index is 0.196. The summed E-state index contributed by atoms with van der Waals surface area (Å²) in [7, 11) is 2.19. The summed E-state index contributed by atoms with van der Waals surface area (Å²) in [5.41, 5.74) is 0.459. The first-order chi connectivity index (χ1) is 10.5. The molecule has 0 aromatic heterocycles. The van der Waals surface area contributed by atoms with Crippen LogP contribution in [-0.4, -0.2) is 30.1 Å². The maximum Gasteiger partial charge on any atom is 0.194 e. The highest BCUT2D eigenvalue weighted by Crippen LogP contribution is 2.33. The molecule has 2 bridgehead atoms. The maximum atomic E-state index is 13.4. The fraction of sp³-hybridized carbons (Fsp3) is 0.647. The average Bonchev–Trinajstić information content (AvgIpc) is 2.45. The first kappa shape index (κ1) is 15.8. The van der Waals surface area contributed by atoms with E-state index in [1.807, 2.05) is 6.92 Å². The smallest absolute Gasteiger partial charge is 0.194 e. The van der Waals surface area contributed by atoms with Gasteiger partial charge >= 0.3 is 0 Å². The maximum absolute atomic E-state index is 13.4. The van der Waals surface area contributed by atoms with Crippen molar-refractivity contribution in [1.82, 2.24) is 10.2 Å². The number of nitrogens with zero attached hydrogens (tertiary/aromatic N) is 1. The molecule has 0 radical (unpaired) electrons. The molecule has 1 aromatic rings. The molecule has 5 heteroatoms. The summed E-state index contributed by atoms with van der Waals surface area (Å²) < 4.78 is 39.8. The Balaban J connectivity index is 1.68. The second-order valence-corrected chi connectivity index (χ2v) is 6.76. The van der Waals surface area contributed by atoms with Crippen molar-refractivity contribution in [3.8, 4) is 0 Å². The van der Waals surface area contributed by atoms with Gasteiger partial charge in [0, 0.05) is 24.2 Å². The van der Waals surface area contributed by atoms with Crippen LogP contribution >= 0.6 is 0 Å². The second-order valence-electron chi connectivity index (χ2n) is 6.76. The van der Waals surface area contributed by atoms with Crippen LogP contribution in [-0.2, 0) is 0 Å². The summed E-state index contributed by atoms with van der Waals surface area (Å²) in [6, 6.07) is 3.52. The normalized spacial score (nSPS) is 30.3. The van der Waals surface area contributed by atoms with Crippen molar-refractivity contribution in [2.45, 2.75) is 63.2 Å². The number of rotatable bonds is 3. The Morgan fingerprint density at radius 1 is 1.09 bits per heavy atom. The van der Waals surface area contributed by atoms with Crippen molar-refractivity contribution in [3.63, 3.8) is 0 Å². The first-order valence-electron chi connectivity index (χ1n) is 8.08. The Bertz CT molecular complexity index is 512. The van der Waals surface area contributed by atoms with Crippen molar-refractivity contribution in [2.75, 3.05) is 7.05 Å². The zero-order valence-electron chi connectivity index (χ0n) is 13.1. The molecule has 4 atom stereocenters. The van der Waals surface area contributed by atoms with Gasteiger partial charge in [-0.15, -0.1) is 0 Å². The topological polar surface area (TPSA) is 15.3 Å². The molecule has 2 aliphatic rings. The van der Waals surface area contributed by atoms with Gasteiger partial charge in [-0.05, 0) is 57.4 Å². The van der Waals surface area contributed by atoms with E-state index in [1.54, 1.807) is 0 Å². The van der Waals surface area contributed by atoms with Crippen molar-refractivity contribution >= 4 is 0 Å². The molecular formula is C17H23F3N2. The molecule has 0 saturated carbocycles. The van der Waals surface area contributed by atoms with Crippen molar-refractivity contribution in [3.05, 3.63) is 35.1 Å². The van der Waals surface area contributed by atoms with E-state index in [-0.39, 0.29) is 6.04 Å². The lowest BCUT2D eigenvalue weighted by Crippen LogP contribution is -2.54. The Hall–Kier alpha value is -1.07. The fourth-order valence-electron chi connectivity index (χ4n) is 4.03. The largest absolute Gasteiger partial charge is 0.307 e. The third-order valence-electron chi connectivity index (χ3n) is 5.33. The quantitative estimate of drug-likeness (QED) is 0.855. The summed E-state index contributed by atoms with van der Waals surface area (Å²) in [5, 5.41) is 3.48. The highest BCUT2D eigenvalue weighted by atomic mass is 19.2. The van der Waals surface area contributed by atoms with Crippen LogP contribution in [0.15, 0.2) is 12.1 Å². The number of benzene rings is 1. The molecule has 0 amide bonds. The van der Waals surface area contributed by atoms with Crippen LogP contribution in [0.3, 0.4) is 0 Å². The van der Waals surface area contributed by atoms with Crippen LogP contribution < -0.4 is 5.32 Å². The third kappa shape index (κ3) is 3.01. The van der Waals surface area contributed by atoms with Crippen molar-refractivity contribution in [1.29, 1.82) is 0 Å². The van der Waals surface area contributed by atoms with Gasteiger partial charge in [-0.1, -0.05) is 6.42 Å². The van der Waals surface area contributed by atoms with E-state index in [4.69, 9.17) is 0 Å². The second kappa shape index (κ2) is 6.20. The van der Waals surface area contributed by atoms with Crippen LogP contribution in [0.2, 0.25) is 0 Å². The number of fused-ring (bicyclic) bond motifs is 2. The summed E-state index contributed by atoms with van der Waals surface area (Å²) in [5.74, 6) is -3.64. The van der Waals surface area contributed by atoms with Gasteiger partial charge in [0.25, 0.3) is 0 Å². The van der Waals surface area contributed by atoms with E-state index in [9.17, 15) is 13.2 Å². The van der Waals surface area contributed by atoms with Gasteiger partial charge in [-0.3, -0.25) is 0 Å². The minimum atomic E-state index is -1.40. The van der Waals surface area contributed by atoms with Crippen LogP contribution in [0.1, 0.15) is 50.6 Å². The molecule has 0 spiro atoms. The van der Waals surface area contributed by atoms with E-state index in [0.29, 0.717) is 23.7 Å². The van der Waals surface area contributed by atoms with E-state index in [2.05, 4.69) is 17.3 Å². The Morgan fingerprint density at radius 2 is 1.64 bits per heavy atom. The average molecular weight is 312 g/mol. The van der Waals surface area contributed by atoms with Gasteiger partial charge in [0.15, 0.2) is 17.5 Å². The lowest BCUT2D eigenvalue weighted by atomic mass is 9.82. The molecular weight excluding hydrogens is 289 g/mol. The summed E-state index contributed by atoms with van der Waals surface area (Å²) in [6.45, 7) is 1.88. The zero-order chi connectivity index (χ0) is 15.9. The third-order valence-corrected chi connectivity index (χ3v) is 5.33. The van der Waals surface area contributed by atoms with Crippen LogP contribution in [0.5, 0.6) is 0 Å². The lowest BCUT2D eigenvalue weighted by molar-refractivity contribution is 0.0462. The lowest BCUT2D eigenvalue weighted by Gasteiger charge is -2.47. The van der Waals surface area contributed by atoms with Gasteiger partial charge in [0.1, 0.15) is 0 Å². The molecule has 1 unspecified atom stereocenters. The Kier molecular flexibility index (Phi) is 4.46. The highest BCUT2D eigenvalue weighted by Gasteiger charge is 2.36. The standard InChI is InChI=1S/C17H23F3N2/c1-10(11-6-15(18)17(20)16(19)7-11)21-12-8-13-4-3-5-14(9-12)22(13)2/h6-7,10,12-14,21H,3-5,8-9H2,1-2H3/t10-,12?,13-,14+/m0/s1. The van der Waals surface area contributed by atoms with Gasteiger partial charge < -0.3 is 10.2 Å². The molecule has 22 heavy (non-hydrogen) atoms. The molecule has 1 aromatic carbocycles. The van der Waals surface area contributed by atoms with Gasteiger partial charge in [-0.2, -0.15) is 0 Å². The molecule has 0 aliphatic carbocycles. The van der Waals surface area contributed by atoms with E-state index >= 15 is 0 Å². The number of halogens is 3.